The Morgan fingerprint density at radius 1 is 1.43 bits per heavy atom. The number of hydrogen-bond acceptors (Lipinski definition) is 1. The molecule has 0 spiro atoms. The summed E-state index contributed by atoms with van der Waals surface area (Å²) in [5.41, 5.74) is 3.38. The molecule has 1 aromatic heterocycles. The Balaban J connectivity index is 3.13. The van der Waals surface area contributed by atoms with E-state index in [0.29, 0.717) is 10.6 Å². The van der Waals surface area contributed by atoms with Crippen LogP contribution in [0.2, 0.25) is 24.7 Å². The number of H-pyrrole nitrogens is 1. The van der Waals surface area contributed by atoms with Gasteiger partial charge >= 0.3 is 0 Å². The van der Waals surface area contributed by atoms with Crippen LogP contribution >= 0.6 is 11.6 Å². The van der Waals surface area contributed by atoms with E-state index in [2.05, 4.69) is 36.1 Å². The highest BCUT2D eigenvalue weighted by Crippen LogP contribution is 2.04. The Kier molecular flexibility index (Phi) is 3.20. The SMILES string of the molecule is C[Si](C)(C)C#Cc1cc(Cl)c[nH]c1=O. The van der Waals surface area contributed by atoms with Gasteiger partial charge in [-0.15, -0.1) is 5.54 Å². The molecule has 1 rings (SSSR count). The number of aromatic amines is 1. The quantitative estimate of drug-likeness (QED) is 0.533. The van der Waals surface area contributed by atoms with Crippen molar-refractivity contribution in [1.82, 2.24) is 4.98 Å². The lowest BCUT2D eigenvalue weighted by Crippen LogP contribution is -2.17. The molecule has 0 aliphatic rings. The van der Waals surface area contributed by atoms with Gasteiger partial charge < -0.3 is 4.98 Å². The molecule has 74 valence electrons. The van der Waals surface area contributed by atoms with Crippen molar-refractivity contribution in [2.75, 3.05) is 0 Å². The van der Waals surface area contributed by atoms with E-state index in [0.717, 1.165) is 0 Å². The number of aromatic nitrogens is 1. The molecule has 1 N–H and O–H groups in total. The standard InChI is InChI=1S/C10H12ClNOSi/c1-14(2,3)5-4-8-6-9(11)7-12-10(8)13/h6-7H,1-3H3,(H,12,13). The van der Waals surface area contributed by atoms with Gasteiger partial charge in [-0.05, 0) is 6.07 Å². The summed E-state index contributed by atoms with van der Waals surface area (Å²) in [5.74, 6) is 2.88. The number of halogens is 1. The minimum Gasteiger partial charge on any atom is -0.327 e. The zero-order valence-electron chi connectivity index (χ0n) is 8.44. The second-order valence-electron chi connectivity index (χ2n) is 4.06. The Hall–Kier alpha value is -0.983. The molecule has 0 aromatic carbocycles. The summed E-state index contributed by atoms with van der Waals surface area (Å²) in [7, 11) is -1.44. The molecule has 0 fully saturated rings. The van der Waals surface area contributed by atoms with Crippen molar-refractivity contribution in [2.45, 2.75) is 19.6 Å². The first-order chi connectivity index (χ1) is 6.38. The van der Waals surface area contributed by atoms with Crippen LogP contribution in [0.15, 0.2) is 17.1 Å². The Morgan fingerprint density at radius 2 is 2.07 bits per heavy atom. The summed E-state index contributed by atoms with van der Waals surface area (Å²) in [4.78, 5) is 13.8. The van der Waals surface area contributed by atoms with Crippen LogP contribution in [0.5, 0.6) is 0 Å². The molecule has 0 amide bonds. The Labute approximate surface area is 89.3 Å². The van der Waals surface area contributed by atoms with Gasteiger partial charge in [-0.2, -0.15) is 0 Å². The largest absolute Gasteiger partial charge is 0.327 e. The van der Waals surface area contributed by atoms with Gasteiger partial charge in [-0.3, -0.25) is 4.79 Å². The van der Waals surface area contributed by atoms with Crippen molar-refractivity contribution in [2.24, 2.45) is 0 Å². The summed E-state index contributed by atoms with van der Waals surface area (Å²) in [5, 5.41) is 0.504. The number of hydrogen-bond donors (Lipinski definition) is 1. The van der Waals surface area contributed by atoms with Gasteiger partial charge in [0.25, 0.3) is 5.56 Å². The molecule has 0 bridgehead atoms. The fraction of sp³-hybridized carbons (Fsp3) is 0.300. The summed E-state index contributed by atoms with van der Waals surface area (Å²) in [6.45, 7) is 6.37. The van der Waals surface area contributed by atoms with E-state index >= 15 is 0 Å². The monoisotopic (exact) mass is 225 g/mol. The zero-order valence-corrected chi connectivity index (χ0v) is 10.2. The molecule has 0 radical (unpaired) electrons. The highest BCUT2D eigenvalue weighted by Gasteiger charge is 2.07. The predicted molar refractivity (Wildman–Crippen MR) is 62.3 cm³/mol. The zero-order chi connectivity index (χ0) is 10.8. The lowest BCUT2D eigenvalue weighted by molar-refractivity contribution is 1.22. The van der Waals surface area contributed by atoms with E-state index in [1.807, 2.05) is 0 Å². The van der Waals surface area contributed by atoms with Gasteiger partial charge in [0.1, 0.15) is 8.07 Å². The third kappa shape index (κ3) is 3.41. The van der Waals surface area contributed by atoms with Crippen molar-refractivity contribution in [3.63, 3.8) is 0 Å². The first-order valence-corrected chi connectivity index (χ1v) is 8.18. The first-order valence-electron chi connectivity index (χ1n) is 4.30. The van der Waals surface area contributed by atoms with Crippen LogP contribution in [0.25, 0.3) is 0 Å². The van der Waals surface area contributed by atoms with Crippen molar-refractivity contribution in [1.29, 1.82) is 0 Å². The molecule has 2 nitrogen and oxygen atoms in total. The van der Waals surface area contributed by atoms with Gasteiger partial charge in [0.05, 0.1) is 10.6 Å². The van der Waals surface area contributed by atoms with Crippen LogP contribution in [0.3, 0.4) is 0 Å². The third-order valence-electron chi connectivity index (χ3n) is 1.44. The van der Waals surface area contributed by atoms with Gasteiger partial charge in [-0.1, -0.05) is 37.2 Å². The molecule has 1 aromatic rings. The van der Waals surface area contributed by atoms with E-state index in [4.69, 9.17) is 11.6 Å². The van der Waals surface area contributed by atoms with Gasteiger partial charge in [0.2, 0.25) is 0 Å². The molecule has 14 heavy (non-hydrogen) atoms. The van der Waals surface area contributed by atoms with Crippen molar-refractivity contribution in [3.8, 4) is 11.5 Å². The lowest BCUT2D eigenvalue weighted by atomic mass is 10.3. The maximum absolute atomic E-state index is 11.3. The smallest absolute Gasteiger partial charge is 0.263 e. The van der Waals surface area contributed by atoms with E-state index in [1.165, 1.54) is 6.20 Å². The van der Waals surface area contributed by atoms with Crippen LogP contribution in [-0.2, 0) is 0 Å². The fourth-order valence-corrected chi connectivity index (χ4v) is 1.48. The van der Waals surface area contributed by atoms with E-state index in [1.54, 1.807) is 6.07 Å². The maximum atomic E-state index is 11.3. The molecule has 0 saturated carbocycles. The summed E-state index contributed by atoms with van der Waals surface area (Å²) in [6.07, 6.45) is 1.46. The Morgan fingerprint density at radius 3 is 2.64 bits per heavy atom. The normalized spacial score (nSPS) is 10.6. The van der Waals surface area contributed by atoms with Crippen LogP contribution in [-0.4, -0.2) is 13.1 Å². The van der Waals surface area contributed by atoms with Crippen LogP contribution in [0, 0.1) is 11.5 Å². The highest BCUT2D eigenvalue weighted by molar-refractivity contribution is 6.83. The molecule has 1 heterocycles. The third-order valence-corrected chi connectivity index (χ3v) is 2.53. The molecule has 0 aliphatic carbocycles. The molecular weight excluding hydrogens is 214 g/mol. The number of pyridine rings is 1. The lowest BCUT2D eigenvalue weighted by Gasteiger charge is -2.02. The van der Waals surface area contributed by atoms with Crippen LogP contribution in [0.1, 0.15) is 5.56 Å². The topological polar surface area (TPSA) is 32.9 Å². The van der Waals surface area contributed by atoms with Crippen molar-refractivity contribution < 1.29 is 0 Å². The number of nitrogens with one attached hydrogen (secondary N) is 1. The highest BCUT2D eigenvalue weighted by atomic mass is 35.5. The predicted octanol–water partition coefficient (Wildman–Crippen LogP) is 2.26. The van der Waals surface area contributed by atoms with E-state index in [-0.39, 0.29) is 5.56 Å². The van der Waals surface area contributed by atoms with E-state index < -0.39 is 8.07 Å². The second kappa shape index (κ2) is 4.03. The average molecular weight is 226 g/mol. The summed E-state index contributed by atoms with van der Waals surface area (Å²) >= 11 is 5.74. The van der Waals surface area contributed by atoms with E-state index in [9.17, 15) is 4.79 Å². The molecule has 0 aliphatic heterocycles. The first kappa shape index (κ1) is 11.1. The minimum absolute atomic E-state index is 0.180. The second-order valence-corrected chi connectivity index (χ2v) is 9.25. The molecule has 0 unspecified atom stereocenters. The average Bonchev–Trinajstić information content (AvgIpc) is 2.05. The molecule has 0 saturated heterocycles. The number of rotatable bonds is 0. The maximum Gasteiger partial charge on any atom is 0.263 e. The van der Waals surface area contributed by atoms with Crippen molar-refractivity contribution in [3.05, 3.63) is 33.2 Å². The molecular formula is C10H12ClNOSi. The van der Waals surface area contributed by atoms with Gasteiger partial charge in [0.15, 0.2) is 0 Å². The summed E-state index contributed by atoms with van der Waals surface area (Å²) < 4.78 is 0. The van der Waals surface area contributed by atoms with Crippen LogP contribution < -0.4 is 5.56 Å². The van der Waals surface area contributed by atoms with Crippen molar-refractivity contribution >= 4 is 19.7 Å². The molecule has 0 atom stereocenters. The van der Waals surface area contributed by atoms with Crippen LogP contribution in [0.4, 0.5) is 0 Å². The summed E-state index contributed by atoms with van der Waals surface area (Å²) in [6, 6.07) is 1.59. The fourth-order valence-electron chi connectivity index (χ4n) is 0.805. The minimum atomic E-state index is -1.44. The van der Waals surface area contributed by atoms with Gasteiger partial charge in [0, 0.05) is 6.20 Å². The Bertz CT molecular complexity index is 448. The molecule has 4 heteroatoms. The van der Waals surface area contributed by atoms with Gasteiger partial charge in [-0.25, -0.2) is 0 Å².